The number of nitrogens with one attached hydrogen (secondary N) is 2. The predicted octanol–water partition coefficient (Wildman–Crippen LogP) is 3.14. The number of nitrogens with zero attached hydrogens (tertiary/aromatic N) is 2. The summed E-state index contributed by atoms with van der Waals surface area (Å²) >= 11 is 0. The highest BCUT2D eigenvalue weighted by atomic mass is 19.1. The Hall–Kier alpha value is -3.69. The van der Waals surface area contributed by atoms with Crippen molar-refractivity contribution in [1.29, 1.82) is 0 Å². The van der Waals surface area contributed by atoms with Gasteiger partial charge in [0.05, 0.1) is 16.5 Å². The second kappa shape index (κ2) is 8.83. The molecular formula is C25H33FN6O3. The van der Waals surface area contributed by atoms with Gasteiger partial charge < -0.3 is 26.7 Å². The van der Waals surface area contributed by atoms with Crippen LogP contribution in [0.25, 0.3) is 21.8 Å². The van der Waals surface area contributed by atoms with Crippen LogP contribution in [-0.2, 0) is 9.59 Å². The minimum absolute atomic E-state index is 0.138. The summed E-state index contributed by atoms with van der Waals surface area (Å²) in [6.07, 6.45) is 1.31. The lowest BCUT2D eigenvalue weighted by atomic mass is 9.82. The average Bonchev–Trinajstić information content (AvgIpc) is 3.07. The molecule has 0 radical (unpaired) electrons. The normalized spacial score (nSPS) is 14.1. The monoisotopic (exact) mass is 484 g/mol. The number of primary amides is 2. The van der Waals surface area contributed by atoms with E-state index in [1.165, 1.54) is 23.2 Å². The number of nitrogens with two attached hydrogens (primary N) is 2. The Labute approximate surface area is 203 Å². The average molecular weight is 485 g/mol. The summed E-state index contributed by atoms with van der Waals surface area (Å²) in [5, 5.41) is 4.12. The first-order chi connectivity index (χ1) is 16.0. The topological polar surface area (TPSA) is 147 Å². The summed E-state index contributed by atoms with van der Waals surface area (Å²) in [5.41, 5.74) is 11.1. The van der Waals surface area contributed by atoms with Crippen molar-refractivity contribution < 1.29 is 18.8 Å². The minimum Gasteiger partial charge on any atom is -0.368 e. The molecule has 0 saturated heterocycles. The van der Waals surface area contributed by atoms with Crippen LogP contribution in [0.1, 0.15) is 51.9 Å². The number of aromatic amines is 1. The van der Waals surface area contributed by atoms with Crippen LogP contribution in [0.3, 0.4) is 0 Å². The van der Waals surface area contributed by atoms with Gasteiger partial charge in [0.1, 0.15) is 23.7 Å². The van der Waals surface area contributed by atoms with E-state index in [-0.39, 0.29) is 17.3 Å². The van der Waals surface area contributed by atoms with E-state index in [1.807, 2.05) is 41.5 Å². The van der Waals surface area contributed by atoms with Crippen molar-refractivity contribution >= 4 is 45.3 Å². The lowest BCUT2D eigenvalue weighted by Crippen LogP contribution is -2.58. The van der Waals surface area contributed by atoms with Gasteiger partial charge in [-0.05, 0) is 29.0 Å². The molecule has 9 nitrogen and oxygen atoms in total. The van der Waals surface area contributed by atoms with E-state index in [0.717, 1.165) is 0 Å². The summed E-state index contributed by atoms with van der Waals surface area (Å²) in [6, 6.07) is 2.49. The summed E-state index contributed by atoms with van der Waals surface area (Å²) in [6.45, 7) is 11.1. The molecule has 2 heterocycles. The molecule has 0 aliphatic heterocycles. The number of benzene rings is 1. The Kier molecular flexibility index (Phi) is 6.54. The first-order valence-electron chi connectivity index (χ1n) is 11.3. The van der Waals surface area contributed by atoms with Gasteiger partial charge in [0.2, 0.25) is 11.8 Å². The number of hydrogen-bond acceptors (Lipinski definition) is 5. The molecule has 3 rings (SSSR count). The zero-order valence-corrected chi connectivity index (χ0v) is 21.1. The third-order valence-electron chi connectivity index (χ3n) is 6.07. The SMILES string of the molecule is CN(C(=O)[C@@H](Nc1ncc(C(N)=O)c2[nH]c3ccc(F)cc3c12)C(C)(C)C)[C@H](C(N)=O)C(C)(C)C. The largest absolute Gasteiger partial charge is 0.368 e. The molecule has 3 aromatic rings. The molecule has 0 bridgehead atoms. The second-order valence-electron chi connectivity index (χ2n) is 11.0. The zero-order valence-electron chi connectivity index (χ0n) is 21.1. The van der Waals surface area contributed by atoms with Crippen LogP contribution in [0.4, 0.5) is 10.2 Å². The molecule has 2 aromatic heterocycles. The van der Waals surface area contributed by atoms with Crippen LogP contribution in [-0.4, -0.2) is 51.7 Å². The van der Waals surface area contributed by atoms with E-state index < -0.39 is 40.5 Å². The number of halogens is 1. The van der Waals surface area contributed by atoms with Gasteiger partial charge in [-0.3, -0.25) is 14.4 Å². The van der Waals surface area contributed by atoms with Crippen molar-refractivity contribution in [3.8, 4) is 0 Å². The zero-order chi connectivity index (χ0) is 26.5. The van der Waals surface area contributed by atoms with Crippen LogP contribution < -0.4 is 16.8 Å². The van der Waals surface area contributed by atoms with E-state index in [1.54, 1.807) is 13.1 Å². The molecular weight excluding hydrogens is 451 g/mol. The maximum atomic E-state index is 14.1. The molecule has 0 spiro atoms. The van der Waals surface area contributed by atoms with E-state index in [9.17, 15) is 18.8 Å². The molecule has 0 unspecified atom stereocenters. The first kappa shape index (κ1) is 25.9. The number of amides is 3. The molecule has 2 atom stereocenters. The third-order valence-corrected chi connectivity index (χ3v) is 6.07. The minimum atomic E-state index is -0.853. The molecule has 1 aromatic carbocycles. The number of aromatic nitrogens is 2. The van der Waals surface area contributed by atoms with Gasteiger partial charge >= 0.3 is 0 Å². The van der Waals surface area contributed by atoms with Crippen molar-refractivity contribution in [2.24, 2.45) is 22.3 Å². The maximum absolute atomic E-state index is 14.1. The number of anilines is 1. The van der Waals surface area contributed by atoms with Crippen molar-refractivity contribution in [2.45, 2.75) is 53.6 Å². The summed E-state index contributed by atoms with van der Waals surface area (Å²) in [7, 11) is 1.55. The van der Waals surface area contributed by atoms with Gasteiger partial charge in [0.15, 0.2) is 0 Å². The highest BCUT2D eigenvalue weighted by Gasteiger charge is 2.41. The number of H-pyrrole nitrogens is 1. The van der Waals surface area contributed by atoms with E-state index in [0.29, 0.717) is 21.8 Å². The fraction of sp³-hybridized carbons (Fsp3) is 0.440. The van der Waals surface area contributed by atoms with Gasteiger partial charge in [-0.15, -0.1) is 0 Å². The first-order valence-corrected chi connectivity index (χ1v) is 11.3. The number of likely N-dealkylation sites (N-methyl/N-ethyl adjacent to an activating group) is 1. The fourth-order valence-corrected chi connectivity index (χ4v) is 4.48. The van der Waals surface area contributed by atoms with Crippen LogP contribution in [0.2, 0.25) is 0 Å². The van der Waals surface area contributed by atoms with E-state index >= 15 is 0 Å². The smallest absolute Gasteiger partial charge is 0.252 e. The molecule has 35 heavy (non-hydrogen) atoms. The number of rotatable bonds is 6. The Balaban J connectivity index is 2.18. The molecule has 6 N–H and O–H groups in total. The summed E-state index contributed by atoms with van der Waals surface area (Å²) < 4.78 is 14.1. The Morgan fingerprint density at radius 2 is 1.71 bits per heavy atom. The fourth-order valence-electron chi connectivity index (χ4n) is 4.48. The van der Waals surface area contributed by atoms with Crippen LogP contribution in [0.15, 0.2) is 24.4 Å². The highest BCUT2D eigenvalue weighted by molar-refractivity contribution is 6.18. The van der Waals surface area contributed by atoms with Gasteiger partial charge in [0.25, 0.3) is 5.91 Å². The number of pyridine rings is 1. The number of fused-ring (bicyclic) bond motifs is 3. The lowest BCUT2D eigenvalue weighted by molar-refractivity contribution is -0.143. The molecule has 0 saturated carbocycles. The number of hydrogen-bond donors (Lipinski definition) is 4. The maximum Gasteiger partial charge on any atom is 0.252 e. The second-order valence-corrected chi connectivity index (χ2v) is 11.0. The van der Waals surface area contributed by atoms with Gasteiger partial charge in [-0.2, -0.15) is 0 Å². The molecule has 0 aliphatic carbocycles. The van der Waals surface area contributed by atoms with Crippen molar-refractivity contribution in [1.82, 2.24) is 14.9 Å². The highest BCUT2D eigenvalue weighted by Crippen LogP contribution is 2.35. The predicted molar refractivity (Wildman–Crippen MR) is 134 cm³/mol. The molecule has 0 aliphatic rings. The number of carbonyl (C=O) groups is 3. The van der Waals surface area contributed by atoms with Crippen LogP contribution in [0, 0.1) is 16.6 Å². The van der Waals surface area contributed by atoms with Crippen molar-refractivity contribution in [3.05, 3.63) is 35.8 Å². The lowest BCUT2D eigenvalue weighted by Gasteiger charge is -2.40. The molecule has 3 amide bonds. The molecule has 0 fully saturated rings. The van der Waals surface area contributed by atoms with E-state index in [4.69, 9.17) is 11.5 Å². The summed E-state index contributed by atoms with van der Waals surface area (Å²) in [5.74, 6) is -1.87. The number of carbonyl (C=O) groups excluding carboxylic acids is 3. The van der Waals surface area contributed by atoms with Gasteiger partial charge in [-0.25, -0.2) is 9.37 Å². The third kappa shape index (κ3) is 4.91. The molecule has 10 heteroatoms. The molecule has 188 valence electrons. The van der Waals surface area contributed by atoms with Crippen molar-refractivity contribution in [3.63, 3.8) is 0 Å². The Bertz CT molecular complexity index is 1320. The van der Waals surface area contributed by atoms with Gasteiger partial charge in [0, 0.05) is 24.1 Å². The Morgan fingerprint density at radius 3 is 2.23 bits per heavy atom. The van der Waals surface area contributed by atoms with Gasteiger partial charge in [-0.1, -0.05) is 41.5 Å². The Morgan fingerprint density at radius 1 is 1.09 bits per heavy atom. The standard InChI is InChI=1S/C25H33FN6O3/c1-24(2,3)18(23(35)32(7)19(21(28)34)25(4,5)6)31-22-16-13-10-12(26)8-9-15(13)30-17(16)14(11-29-22)20(27)33/h8-11,18-19,30H,1-7H3,(H2,27,33)(H2,28,34)(H,29,31)/t18-,19-/m1/s1. The van der Waals surface area contributed by atoms with Crippen LogP contribution in [0.5, 0.6) is 0 Å². The van der Waals surface area contributed by atoms with Crippen LogP contribution >= 0.6 is 0 Å². The summed E-state index contributed by atoms with van der Waals surface area (Å²) in [4.78, 5) is 46.9. The van der Waals surface area contributed by atoms with Crippen molar-refractivity contribution in [2.75, 3.05) is 12.4 Å². The quantitative estimate of drug-likeness (QED) is 0.424. The van der Waals surface area contributed by atoms with E-state index in [2.05, 4.69) is 15.3 Å².